The number of hydrogen-bond donors (Lipinski definition) is 1. The fourth-order valence-electron chi connectivity index (χ4n) is 4.46. The summed E-state index contributed by atoms with van der Waals surface area (Å²) in [5.74, 6) is -0.438. The number of sulfonamides is 1. The van der Waals surface area contributed by atoms with Crippen LogP contribution in [0.25, 0.3) is 11.2 Å². The van der Waals surface area contributed by atoms with E-state index in [-0.39, 0.29) is 28.4 Å². The number of H-pyrrole nitrogens is 1. The smallest absolute Gasteiger partial charge is 0.337 e. The third kappa shape index (κ3) is 4.89. The number of hydrogen-bond acceptors (Lipinski definition) is 8. The molecule has 0 saturated carbocycles. The Morgan fingerprint density at radius 2 is 1.86 bits per heavy atom. The molecule has 0 aliphatic carbocycles. The molecule has 1 unspecified atom stereocenters. The van der Waals surface area contributed by atoms with E-state index in [1.165, 1.54) is 35.7 Å². The Labute approximate surface area is 213 Å². The molecule has 1 fully saturated rings. The second-order valence-corrected chi connectivity index (χ2v) is 11.0. The number of aryl methyl sites for hydroxylation is 1. The Balaban J connectivity index is 1.41. The maximum absolute atomic E-state index is 13.3. The number of nitrogens with one attached hydrogen (secondary N) is 1. The van der Waals surface area contributed by atoms with Crippen LogP contribution in [-0.2, 0) is 21.3 Å². The molecule has 192 valence electrons. The number of aromatic amines is 1. The SMILES string of the molecule is COC(=O)c1ccc(S(=O)(=O)N2CCCC(c3nc4c(nnn4Cc4ccc(C)cc4)c(=O)[nH]3)C2)cc1. The molecule has 1 aliphatic heterocycles. The number of piperidine rings is 1. The van der Waals surface area contributed by atoms with E-state index in [2.05, 4.69) is 25.0 Å². The van der Waals surface area contributed by atoms with Crippen molar-refractivity contribution in [3.8, 4) is 0 Å². The lowest BCUT2D eigenvalue weighted by Gasteiger charge is -2.31. The third-order valence-corrected chi connectivity index (χ3v) is 8.41. The van der Waals surface area contributed by atoms with Crippen LogP contribution in [-0.4, -0.2) is 63.9 Å². The molecule has 3 heterocycles. The number of esters is 1. The fourth-order valence-corrected chi connectivity index (χ4v) is 5.99. The Morgan fingerprint density at radius 1 is 1.14 bits per heavy atom. The number of aromatic nitrogens is 5. The zero-order valence-electron chi connectivity index (χ0n) is 20.4. The van der Waals surface area contributed by atoms with Crippen molar-refractivity contribution in [1.29, 1.82) is 0 Å². The lowest BCUT2D eigenvalue weighted by molar-refractivity contribution is 0.0600. The average Bonchev–Trinajstić information content (AvgIpc) is 3.32. The first-order valence-corrected chi connectivity index (χ1v) is 13.3. The van der Waals surface area contributed by atoms with Gasteiger partial charge in [-0.05, 0) is 49.6 Å². The van der Waals surface area contributed by atoms with Crippen molar-refractivity contribution in [3.05, 3.63) is 81.4 Å². The van der Waals surface area contributed by atoms with E-state index in [1.807, 2.05) is 31.2 Å². The first-order valence-electron chi connectivity index (χ1n) is 11.8. The number of benzene rings is 2. The summed E-state index contributed by atoms with van der Waals surface area (Å²) in [4.78, 5) is 32.0. The molecule has 2 aromatic carbocycles. The second kappa shape index (κ2) is 9.87. The van der Waals surface area contributed by atoms with E-state index in [0.29, 0.717) is 37.4 Å². The summed E-state index contributed by atoms with van der Waals surface area (Å²) >= 11 is 0. The molecule has 1 saturated heterocycles. The van der Waals surface area contributed by atoms with Gasteiger partial charge in [0, 0.05) is 19.0 Å². The molecule has 1 aliphatic rings. The molecule has 4 aromatic rings. The van der Waals surface area contributed by atoms with Gasteiger partial charge in [-0.25, -0.2) is 22.9 Å². The van der Waals surface area contributed by atoms with Gasteiger partial charge in [0.25, 0.3) is 5.56 Å². The quantitative estimate of drug-likeness (QED) is 0.380. The lowest BCUT2D eigenvalue weighted by atomic mass is 9.99. The number of carbonyl (C=O) groups is 1. The van der Waals surface area contributed by atoms with Gasteiger partial charge in [-0.1, -0.05) is 35.0 Å². The van der Waals surface area contributed by atoms with Gasteiger partial charge < -0.3 is 9.72 Å². The van der Waals surface area contributed by atoms with Gasteiger partial charge in [-0.3, -0.25) is 4.79 Å². The monoisotopic (exact) mass is 522 g/mol. The number of fused-ring (bicyclic) bond motifs is 1. The number of nitrogens with zero attached hydrogens (tertiary/aromatic N) is 5. The molecule has 2 aromatic heterocycles. The number of carbonyl (C=O) groups excluding carboxylic acids is 1. The maximum Gasteiger partial charge on any atom is 0.337 e. The summed E-state index contributed by atoms with van der Waals surface area (Å²) in [5, 5.41) is 8.13. The summed E-state index contributed by atoms with van der Waals surface area (Å²) in [6, 6.07) is 13.6. The highest BCUT2D eigenvalue weighted by molar-refractivity contribution is 7.89. The molecule has 12 heteroatoms. The zero-order chi connectivity index (χ0) is 26.2. The predicted molar refractivity (Wildman–Crippen MR) is 135 cm³/mol. The molecule has 11 nitrogen and oxygen atoms in total. The van der Waals surface area contributed by atoms with Crippen molar-refractivity contribution in [2.24, 2.45) is 0 Å². The summed E-state index contributed by atoms with van der Waals surface area (Å²) in [7, 11) is -2.55. The number of rotatable bonds is 6. The van der Waals surface area contributed by atoms with E-state index in [1.54, 1.807) is 4.68 Å². The standard InChI is InChI=1S/C25H26N6O5S/c1-16-5-7-17(8-6-16)14-31-23-21(28-29-31)24(32)27-22(26-23)19-4-3-13-30(15-19)37(34,35)20-11-9-18(10-12-20)25(33)36-2/h5-12,19H,3-4,13-15H2,1-2H3,(H,26,27,32). The summed E-state index contributed by atoms with van der Waals surface area (Å²) in [6.45, 7) is 2.92. The van der Waals surface area contributed by atoms with Crippen molar-refractivity contribution in [2.45, 2.75) is 37.1 Å². The third-order valence-electron chi connectivity index (χ3n) is 6.53. The molecular weight excluding hydrogens is 496 g/mol. The van der Waals surface area contributed by atoms with Gasteiger partial charge in [0.05, 0.1) is 24.1 Å². The molecule has 0 radical (unpaired) electrons. The lowest BCUT2D eigenvalue weighted by Crippen LogP contribution is -2.39. The highest BCUT2D eigenvalue weighted by Gasteiger charge is 2.32. The van der Waals surface area contributed by atoms with Crippen LogP contribution < -0.4 is 5.56 Å². The second-order valence-electron chi connectivity index (χ2n) is 9.07. The van der Waals surface area contributed by atoms with Crippen molar-refractivity contribution < 1.29 is 17.9 Å². The summed E-state index contributed by atoms with van der Waals surface area (Å²) in [6.07, 6.45) is 1.27. The fraction of sp³-hybridized carbons (Fsp3) is 0.320. The van der Waals surface area contributed by atoms with Crippen LogP contribution >= 0.6 is 0 Å². The van der Waals surface area contributed by atoms with Crippen LogP contribution in [0, 0.1) is 6.92 Å². The van der Waals surface area contributed by atoms with Gasteiger partial charge in [0.15, 0.2) is 11.2 Å². The van der Waals surface area contributed by atoms with Gasteiger partial charge in [-0.2, -0.15) is 4.31 Å². The van der Waals surface area contributed by atoms with Gasteiger partial charge in [0.1, 0.15) is 5.82 Å². The van der Waals surface area contributed by atoms with Crippen LogP contribution in [0.15, 0.2) is 58.2 Å². The molecule has 1 N–H and O–H groups in total. The van der Waals surface area contributed by atoms with E-state index < -0.39 is 21.6 Å². The van der Waals surface area contributed by atoms with Gasteiger partial charge in [0.2, 0.25) is 10.0 Å². The van der Waals surface area contributed by atoms with Crippen LogP contribution in [0.2, 0.25) is 0 Å². The van der Waals surface area contributed by atoms with E-state index in [0.717, 1.165) is 11.1 Å². The van der Waals surface area contributed by atoms with Crippen LogP contribution in [0.1, 0.15) is 46.1 Å². The molecule has 5 rings (SSSR count). The van der Waals surface area contributed by atoms with Crippen LogP contribution in [0.3, 0.4) is 0 Å². The van der Waals surface area contributed by atoms with E-state index >= 15 is 0 Å². The Hall–Kier alpha value is -3.90. The molecule has 37 heavy (non-hydrogen) atoms. The predicted octanol–water partition coefficient (Wildman–Crippen LogP) is 2.23. The van der Waals surface area contributed by atoms with E-state index in [4.69, 9.17) is 0 Å². The highest BCUT2D eigenvalue weighted by atomic mass is 32.2. The minimum Gasteiger partial charge on any atom is -0.465 e. The number of methoxy groups -OCH3 is 1. The van der Waals surface area contributed by atoms with Crippen molar-refractivity contribution in [3.63, 3.8) is 0 Å². The minimum atomic E-state index is -3.81. The normalized spacial score (nSPS) is 16.6. The minimum absolute atomic E-state index is 0.0816. The summed E-state index contributed by atoms with van der Waals surface area (Å²) in [5.41, 5.74) is 2.49. The Morgan fingerprint density at radius 3 is 2.57 bits per heavy atom. The first-order chi connectivity index (χ1) is 17.8. The average molecular weight is 523 g/mol. The largest absolute Gasteiger partial charge is 0.465 e. The van der Waals surface area contributed by atoms with Crippen molar-refractivity contribution in [2.75, 3.05) is 20.2 Å². The molecule has 0 bridgehead atoms. The van der Waals surface area contributed by atoms with Crippen molar-refractivity contribution in [1.82, 2.24) is 29.3 Å². The summed E-state index contributed by atoms with van der Waals surface area (Å²) < 4.78 is 34.3. The van der Waals surface area contributed by atoms with Crippen LogP contribution in [0.4, 0.5) is 0 Å². The maximum atomic E-state index is 13.3. The Bertz CT molecular complexity index is 1610. The molecular formula is C25H26N6O5S. The number of ether oxygens (including phenoxy) is 1. The Kier molecular flexibility index (Phi) is 6.61. The molecule has 0 spiro atoms. The highest BCUT2D eigenvalue weighted by Crippen LogP contribution is 2.29. The van der Waals surface area contributed by atoms with Gasteiger partial charge in [-0.15, -0.1) is 5.10 Å². The molecule has 0 amide bonds. The van der Waals surface area contributed by atoms with E-state index in [9.17, 15) is 18.0 Å². The molecule has 1 atom stereocenters. The van der Waals surface area contributed by atoms with Gasteiger partial charge >= 0.3 is 5.97 Å². The van der Waals surface area contributed by atoms with Crippen molar-refractivity contribution >= 4 is 27.2 Å². The first kappa shape index (κ1) is 24.8. The van der Waals surface area contributed by atoms with Crippen LogP contribution in [0.5, 0.6) is 0 Å². The zero-order valence-corrected chi connectivity index (χ0v) is 21.2. The topological polar surface area (TPSA) is 140 Å².